The second kappa shape index (κ2) is 4.69. The van der Waals surface area contributed by atoms with Crippen LogP contribution in [0, 0.1) is 11.3 Å². The van der Waals surface area contributed by atoms with E-state index in [4.69, 9.17) is 16.9 Å². The first-order valence-corrected chi connectivity index (χ1v) is 5.83. The van der Waals surface area contributed by atoms with Gasteiger partial charge in [-0.3, -0.25) is 0 Å². The van der Waals surface area contributed by atoms with Crippen molar-refractivity contribution in [2.45, 2.75) is 0 Å². The monoisotopic (exact) mass is 291 g/mol. The number of rotatable bonds is 1. The van der Waals surface area contributed by atoms with Crippen LogP contribution >= 0.6 is 27.5 Å². The van der Waals surface area contributed by atoms with Gasteiger partial charge in [0.2, 0.25) is 0 Å². The molecule has 0 fully saturated rings. The highest BCUT2D eigenvalue weighted by molar-refractivity contribution is 9.10. The summed E-state index contributed by atoms with van der Waals surface area (Å²) < 4.78 is 0.876. The van der Waals surface area contributed by atoms with Gasteiger partial charge in [0, 0.05) is 15.1 Å². The number of halogens is 2. The standard InChI is InChI=1S/C13H7BrClN/c14-11-6-9(8-16)5-10(7-11)12-3-1-2-4-13(12)15/h1-7H. The number of benzene rings is 2. The van der Waals surface area contributed by atoms with Crippen molar-refractivity contribution in [2.75, 3.05) is 0 Å². The fourth-order valence-electron chi connectivity index (χ4n) is 1.51. The molecule has 0 saturated heterocycles. The number of hydrogen-bond donors (Lipinski definition) is 0. The van der Waals surface area contributed by atoms with Gasteiger partial charge in [-0.25, -0.2) is 0 Å². The third kappa shape index (κ3) is 2.27. The Morgan fingerprint density at radius 1 is 1.12 bits per heavy atom. The first-order chi connectivity index (χ1) is 7.70. The molecule has 2 aromatic carbocycles. The van der Waals surface area contributed by atoms with E-state index in [0.29, 0.717) is 10.6 Å². The maximum absolute atomic E-state index is 8.90. The van der Waals surface area contributed by atoms with Crippen molar-refractivity contribution in [2.24, 2.45) is 0 Å². The lowest BCUT2D eigenvalue weighted by Gasteiger charge is -2.05. The van der Waals surface area contributed by atoms with E-state index in [0.717, 1.165) is 15.6 Å². The van der Waals surface area contributed by atoms with Crippen LogP contribution in [-0.4, -0.2) is 0 Å². The maximum atomic E-state index is 8.90. The Balaban J connectivity index is 2.61. The van der Waals surface area contributed by atoms with Gasteiger partial charge < -0.3 is 0 Å². The van der Waals surface area contributed by atoms with E-state index in [9.17, 15) is 0 Å². The van der Waals surface area contributed by atoms with Crippen molar-refractivity contribution >= 4 is 27.5 Å². The van der Waals surface area contributed by atoms with Gasteiger partial charge in [-0.2, -0.15) is 5.26 Å². The van der Waals surface area contributed by atoms with Crippen LogP contribution < -0.4 is 0 Å². The zero-order chi connectivity index (χ0) is 11.5. The minimum absolute atomic E-state index is 0.615. The first kappa shape index (κ1) is 11.2. The molecule has 16 heavy (non-hydrogen) atoms. The second-order valence-electron chi connectivity index (χ2n) is 3.32. The van der Waals surface area contributed by atoms with Crippen molar-refractivity contribution in [3.05, 3.63) is 57.5 Å². The van der Waals surface area contributed by atoms with E-state index in [1.807, 2.05) is 36.4 Å². The first-order valence-electron chi connectivity index (χ1n) is 4.66. The number of nitrogens with zero attached hydrogens (tertiary/aromatic N) is 1. The Morgan fingerprint density at radius 2 is 1.88 bits per heavy atom. The zero-order valence-corrected chi connectivity index (χ0v) is 10.6. The highest BCUT2D eigenvalue weighted by Crippen LogP contribution is 2.30. The molecule has 78 valence electrons. The van der Waals surface area contributed by atoms with Gasteiger partial charge in [0.25, 0.3) is 0 Å². The number of hydrogen-bond acceptors (Lipinski definition) is 1. The molecule has 0 unspecified atom stereocenters. The van der Waals surface area contributed by atoms with Crippen LogP contribution in [0.15, 0.2) is 46.9 Å². The Morgan fingerprint density at radius 3 is 2.56 bits per heavy atom. The quantitative estimate of drug-likeness (QED) is 0.751. The molecular formula is C13H7BrClN. The smallest absolute Gasteiger partial charge is 0.0992 e. The van der Waals surface area contributed by atoms with Gasteiger partial charge in [0.1, 0.15) is 0 Å². The third-order valence-corrected chi connectivity index (χ3v) is 3.00. The SMILES string of the molecule is N#Cc1cc(Br)cc(-c2ccccc2Cl)c1. The van der Waals surface area contributed by atoms with Gasteiger partial charge >= 0.3 is 0 Å². The molecule has 0 atom stereocenters. The molecule has 0 heterocycles. The molecule has 0 bridgehead atoms. The number of nitriles is 1. The molecule has 0 radical (unpaired) electrons. The molecule has 0 aliphatic rings. The summed E-state index contributed by atoms with van der Waals surface area (Å²) in [7, 11) is 0. The van der Waals surface area contributed by atoms with Crippen molar-refractivity contribution in [3.8, 4) is 17.2 Å². The summed E-state index contributed by atoms with van der Waals surface area (Å²) in [6.45, 7) is 0. The van der Waals surface area contributed by atoms with Crippen LogP contribution in [0.25, 0.3) is 11.1 Å². The van der Waals surface area contributed by atoms with E-state index in [-0.39, 0.29) is 0 Å². The predicted molar refractivity (Wildman–Crippen MR) is 69.3 cm³/mol. The Labute approximate surface area is 107 Å². The van der Waals surface area contributed by atoms with E-state index in [1.165, 1.54) is 0 Å². The molecule has 1 nitrogen and oxygen atoms in total. The molecule has 2 aromatic rings. The zero-order valence-electron chi connectivity index (χ0n) is 8.24. The summed E-state index contributed by atoms with van der Waals surface area (Å²) in [6.07, 6.45) is 0. The summed E-state index contributed by atoms with van der Waals surface area (Å²) in [5, 5.41) is 9.58. The fraction of sp³-hybridized carbons (Fsp3) is 0. The fourth-order valence-corrected chi connectivity index (χ4v) is 2.24. The maximum Gasteiger partial charge on any atom is 0.0992 e. The highest BCUT2D eigenvalue weighted by Gasteiger charge is 2.05. The van der Waals surface area contributed by atoms with Crippen LogP contribution in [0.5, 0.6) is 0 Å². The minimum atomic E-state index is 0.615. The molecule has 0 saturated carbocycles. The van der Waals surface area contributed by atoms with Gasteiger partial charge in [0.15, 0.2) is 0 Å². The average molecular weight is 293 g/mol. The summed E-state index contributed by atoms with van der Waals surface area (Å²) >= 11 is 9.49. The van der Waals surface area contributed by atoms with Gasteiger partial charge in [0.05, 0.1) is 11.6 Å². The Hall–Kier alpha value is -1.30. The summed E-state index contributed by atoms with van der Waals surface area (Å²) in [5.74, 6) is 0. The minimum Gasteiger partial charge on any atom is -0.192 e. The van der Waals surface area contributed by atoms with Crippen LogP contribution in [0.2, 0.25) is 5.02 Å². The molecule has 2 rings (SSSR count). The molecule has 0 aromatic heterocycles. The van der Waals surface area contributed by atoms with Crippen LogP contribution in [0.1, 0.15) is 5.56 Å². The molecule has 0 aliphatic carbocycles. The molecule has 3 heteroatoms. The molecule has 0 aliphatic heterocycles. The summed E-state index contributed by atoms with van der Waals surface area (Å²) in [6, 6.07) is 15.3. The van der Waals surface area contributed by atoms with Crippen molar-refractivity contribution in [3.63, 3.8) is 0 Å². The van der Waals surface area contributed by atoms with E-state index >= 15 is 0 Å². The van der Waals surface area contributed by atoms with Crippen LogP contribution in [0.3, 0.4) is 0 Å². The predicted octanol–water partition coefficient (Wildman–Crippen LogP) is 4.64. The van der Waals surface area contributed by atoms with E-state index in [1.54, 1.807) is 6.07 Å². The summed E-state index contributed by atoms with van der Waals surface area (Å²) in [4.78, 5) is 0. The van der Waals surface area contributed by atoms with Gasteiger partial charge in [-0.1, -0.05) is 45.7 Å². The van der Waals surface area contributed by atoms with Crippen molar-refractivity contribution < 1.29 is 0 Å². The van der Waals surface area contributed by atoms with Crippen LogP contribution in [0.4, 0.5) is 0 Å². The van der Waals surface area contributed by atoms with Crippen LogP contribution in [-0.2, 0) is 0 Å². The van der Waals surface area contributed by atoms with E-state index in [2.05, 4.69) is 22.0 Å². The Bertz CT molecular complexity index is 572. The lowest BCUT2D eigenvalue weighted by Crippen LogP contribution is -1.82. The average Bonchev–Trinajstić information content (AvgIpc) is 2.28. The topological polar surface area (TPSA) is 23.8 Å². The summed E-state index contributed by atoms with van der Waals surface area (Å²) in [5.41, 5.74) is 2.49. The molecular weight excluding hydrogens is 286 g/mol. The van der Waals surface area contributed by atoms with Gasteiger partial charge in [-0.05, 0) is 29.8 Å². The lowest BCUT2D eigenvalue weighted by molar-refractivity contribution is 1.47. The molecule has 0 N–H and O–H groups in total. The van der Waals surface area contributed by atoms with Gasteiger partial charge in [-0.15, -0.1) is 0 Å². The van der Waals surface area contributed by atoms with Crippen molar-refractivity contribution in [1.82, 2.24) is 0 Å². The van der Waals surface area contributed by atoms with Crippen molar-refractivity contribution in [1.29, 1.82) is 5.26 Å². The largest absolute Gasteiger partial charge is 0.192 e. The molecule has 0 amide bonds. The second-order valence-corrected chi connectivity index (χ2v) is 4.64. The Kier molecular flexibility index (Phi) is 3.28. The molecule has 0 spiro atoms. The highest BCUT2D eigenvalue weighted by atomic mass is 79.9. The van der Waals surface area contributed by atoms with E-state index < -0.39 is 0 Å². The normalized spacial score (nSPS) is 9.81. The lowest BCUT2D eigenvalue weighted by atomic mass is 10.0. The third-order valence-electron chi connectivity index (χ3n) is 2.21.